The van der Waals surface area contributed by atoms with Crippen LogP contribution < -0.4 is 4.90 Å². The second kappa shape index (κ2) is 5.78. The molecular weight excluding hydrogens is 350 g/mol. The number of hydrogen-bond acceptors (Lipinski definition) is 2. The number of rotatable bonds is 3. The lowest BCUT2D eigenvalue weighted by Gasteiger charge is -2.28. The van der Waals surface area contributed by atoms with Crippen molar-refractivity contribution < 1.29 is 0 Å². The minimum Gasteiger partial charge on any atom is -0.371 e. The maximum Gasteiger partial charge on any atom is 0.0408 e. The predicted molar refractivity (Wildman–Crippen MR) is 80.9 cm³/mol. The summed E-state index contributed by atoms with van der Waals surface area (Å²) in [6.07, 6.45) is 1.30. The number of hydrogen-bond donors (Lipinski definition) is 0. The average molecular weight is 365 g/mol. The molecule has 1 aliphatic heterocycles. The van der Waals surface area contributed by atoms with Gasteiger partial charge in [-0.05, 0) is 35.9 Å². The lowest BCUT2D eigenvalue weighted by Crippen LogP contribution is -2.31. The number of benzene rings is 1. The maximum atomic E-state index is 3.57. The molecule has 1 heterocycles. The van der Waals surface area contributed by atoms with Crippen LogP contribution in [0.1, 0.15) is 12.0 Å². The highest BCUT2D eigenvalue weighted by Gasteiger charge is 2.21. The van der Waals surface area contributed by atoms with Gasteiger partial charge in [0.05, 0.1) is 0 Å². The fourth-order valence-electron chi connectivity index (χ4n) is 2.03. The van der Waals surface area contributed by atoms with Gasteiger partial charge >= 0.3 is 0 Å². The fourth-order valence-corrected chi connectivity index (χ4v) is 4.15. The summed E-state index contributed by atoms with van der Waals surface area (Å²) in [5.74, 6) is 2.56. The van der Waals surface area contributed by atoms with Gasteiger partial charge in [0.15, 0.2) is 0 Å². The van der Waals surface area contributed by atoms with Crippen molar-refractivity contribution in [2.45, 2.75) is 17.8 Å². The Morgan fingerprint density at radius 3 is 2.94 bits per heavy atom. The van der Waals surface area contributed by atoms with Gasteiger partial charge in [0.1, 0.15) is 0 Å². The Morgan fingerprint density at radius 1 is 1.50 bits per heavy atom. The molecule has 1 aliphatic rings. The number of halogens is 2. The Kier molecular flexibility index (Phi) is 4.62. The van der Waals surface area contributed by atoms with Gasteiger partial charge in [-0.25, -0.2) is 0 Å². The van der Waals surface area contributed by atoms with E-state index >= 15 is 0 Å². The lowest BCUT2D eigenvalue weighted by atomic mass is 10.1. The molecule has 1 fully saturated rings. The van der Waals surface area contributed by atoms with Crippen LogP contribution in [-0.4, -0.2) is 24.6 Å². The molecule has 0 amide bonds. The zero-order valence-electron chi connectivity index (χ0n) is 9.25. The van der Waals surface area contributed by atoms with Gasteiger partial charge in [-0.2, -0.15) is 11.8 Å². The van der Waals surface area contributed by atoms with Gasteiger partial charge < -0.3 is 4.90 Å². The van der Waals surface area contributed by atoms with E-state index in [4.69, 9.17) is 0 Å². The lowest BCUT2D eigenvalue weighted by molar-refractivity contribution is 0.698. The van der Waals surface area contributed by atoms with Crippen molar-refractivity contribution in [3.8, 4) is 0 Å². The molecule has 16 heavy (non-hydrogen) atoms. The number of alkyl halides is 1. The third kappa shape index (κ3) is 2.77. The van der Waals surface area contributed by atoms with Crippen LogP contribution in [0.25, 0.3) is 0 Å². The Morgan fingerprint density at radius 2 is 2.31 bits per heavy atom. The van der Waals surface area contributed by atoms with Crippen LogP contribution in [0.15, 0.2) is 22.7 Å². The quantitative estimate of drug-likeness (QED) is 0.736. The van der Waals surface area contributed by atoms with E-state index in [1.165, 1.54) is 29.2 Å². The van der Waals surface area contributed by atoms with Crippen LogP contribution in [0.5, 0.6) is 0 Å². The second-order valence-electron chi connectivity index (χ2n) is 4.03. The SMILES string of the molecule is CN(c1ccc(Br)cc1CBr)C1CCSC1. The summed E-state index contributed by atoms with van der Waals surface area (Å²) >= 11 is 9.15. The summed E-state index contributed by atoms with van der Waals surface area (Å²) in [6.45, 7) is 0. The summed E-state index contributed by atoms with van der Waals surface area (Å²) in [5.41, 5.74) is 2.71. The number of thioether (sulfide) groups is 1. The Labute approximate surface area is 118 Å². The van der Waals surface area contributed by atoms with Gasteiger partial charge in [0.2, 0.25) is 0 Å². The van der Waals surface area contributed by atoms with Crippen LogP contribution in [0.2, 0.25) is 0 Å². The first kappa shape index (κ1) is 12.8. The van der Waals surface area contributed by atoms with Crippen LogP contribution in [0.4, 0.5) is 5.69 Å². The first-order chi connectivity index (χ1) is 7.72. The van der Waals surface area contributed by atoms with Crippen LogP contribution >= 0.6 is 43.6 Å². The zero-order valence-corrected chi connectivity index (χ0v) is 13.2. The van der Waals surface area contributed by atoms with Gasteiger partial charge in [0.25, 0.3) is 0 Å². The summed E-state index contributed by atoms with van der Waals surface area (Å²) in [6, 6.07) is 7.23. The third-order valence-electron chi connectivity index (χ3n) is 3.02. The second-order valence-corrected chi connectivity index (χ2v) is 6.66. The first-order valence-corrected chi connectivity index (χ1v) is 8.44. The standard InChI is InChI=1S/C12H15Br2NS/c1-15(11-4-5-16-8-11)12-3-2-10(14)6-9(12)7-13/h2-3,6,11H,4-5,7-8H2,1H3. The molecule has 0 spiro atoms. The molecule has 0 N–H and O–H groups in total. The molecule has 4 heteroatoms. The molecular formula is C12H15Br2NS. The summed E-state index contributed by atoms with van der Waals surface area (Å²) < 4.78 is 1.15. The van der Waals surface area contributed by atoms with E-state index in [0.717, 1.165) is 9.80 Å². The molecule has 1 unspecified atom stereocenters. The van der Waals surface area contributed by atoms with Crippen LogP contribution in [0.3, 0.4) is 0 Å². The molecule has 1 atom stereocenters. The van der Waals surface area contributed by atoms with Crippen molar-refractivity contribution >= 4 is 49.3 Å². The Bertz CT molecular complexity index is 364. The maximum absolute atomic E-state index is 3.57. The zero-order chi connectivity index (χ0) is 11.5. The number of anilines is 1. The highest BCUT2D eigenvalue weighted by atomic mass is 79.9. The predicted octanol–water partition coefficient (Wildman–Crippen LogP) is 4.29. The minimum atomic E-state index is 0.698. The highest BCUT2D eigenvalue weighted by molar-refractivity contribution is 9.10. The third-order valence-corrected chi connectivity index (χ3v) is 5.26. The van der Waals surface area contributed by atoms with E-state index in [9.17, 15) is 0 Å². The fraction of sp³-hybridized carbons (Fsp3) is 0.500. The minimum absolute atomic E-state index is 0.698. The molecule has 1 saturated heterocycles. The van der Waals surface area contributed by atoms with Crippen molar-refractivity contribution in [3.63, 3.8) is 0 Å². The number of nitrogens with zero attached hydrogens (tertiary/aromatic N) is 1. The molecule has 1 aromatic carbocycles. The van der Waals surface area contributed by atoms with E-state index in [0.29, 0.717) is 6.04 Å². The summed E-state index contributed by atoms with van der Waals surface area (Å²) in [7, 11) is 2.21. The van der Waals surface area contributed by atoms with Crippen LogP contribution in [0, 0.1) is 0 Å². The van der Waals surface area contributed by atoms with Crippen molar-refractivity contribution in [2.24, 2.45) is 0 Å². The Balaban J connectivity index is 2.24. The Hall–Kier alpha value is 0.330. The van der Waals surface area contributed by atoms with Gasteiger partial charge in [-0.3, -0.25) is 0 Å². The van der Waals surface area contributed by atoms with Gasteiger partial charge in [-0.15, -0.1) is 0 Å². The molecule has 0 saturated carbocycles. The van der Waals surface area contributed by atoms with E-state index in [2.05, 4.69) is 73.8 Å². The van der Waals surface area contributed by atoms with Crippen molar-refractivity contribution in [1.82, 2.24) is 0 Å². The van der Waals surface area contributed by atoms with E-state index < -0.39 is 0 Å². The van der Waals surface area contributed by atoms with Crippen molar-refractivity contribution in [3.05, 3.63) is 28.2 Å². The summed E-state index contributed by atoms with van der Waals surface area (Å²) in [4.78, 5) is 2.43. The van der Waals surface area contributed by atoms with Crippen molar-refractivity contribution in [1.29, 1.82) is 0 Å². The normalized spacial score (nSPS) is 20.1. The van der Waals surface area contributed by atoms with E-state index in [1.807, 2.05) is 0 Å². The first-order valence-electron chi connectivity index (χ1n) is 5.37. The molecule has 0 radical (unpaired) electrons. The smallest absolute Gasteiger partial charge is 0.0408 e. The monoisotopic (exact) mass is 363 g/mol. The summed E-state index contributed by atoms with van der Waals surface area (Å²) in [5, 5.41) is 0.909. The van der Waals surface area contributed by atoms with E-state index in [1.54, 1.807) is 0 Å². The topological polar surface area (TPSA) is 3.24 Å². The molecule has 0 aliphatic carbocycles. The van der Waals surface area contributed by atoms with Gasteiger partial charge in [0, 0.05) is 34.3 Å². The molecule has 1 aromatic rings. The molecule has 0 bridgehead atoms. The largest absolute Gasteiger partial charge is 0.371 e. The highest BCUT2D eigenvalue weighted by Crippen LogP contribution is 2.31. The molecule has 1 nitrogen and oxygen atoms in total. The van der Waals surface area contributed by atoms with Gasteiger partial charge in [-0.1, -0.05) is 31.9 Å². The molecule has 2 rings (SSSR count). The van der Waals surface area contributed by atoms with E-state index in [-0.39, 0.29) is 0 Å². The van der Waals surface area contributed by atoms with Crippen molar-refractivity contribution in [2.75, 3.05) is 23.5 Å². The van der Waals surface area contributed by atoms with Crippen LogP contribution in [-0.2, 0) is 5.33 Å². The molecule has 88 valence electrons. The average Bonchev–Trinajstić information content (AvgIpc) is 2.81. The molecule has 0 aromatic heterocycles.